The summed E-state index contributed by atoms with van der Waals surface area (Å²) in [5.74, 6) is -0.522. The fourth-order valence-corrected chi connectivity index (χ4v) is 1.83. The van der Waals surface area contributed by atoms with Gasteiger partial charge >= 0.3 is 0 Å². The zero-order chi connectivity index (χ0) is 15.2. The quantitative estimate of drug-likeness (QED) is 0.790. The van der Waals surface area contributed by atoms with Crippen molar-refractivity contribution < 1.29 is 8.78 Å². The van der Waals surface area contributed by atoms with Crippen molar-refractivity contribution in [3.8, 4) is 0 Å². The van der Waals surface area contributed by atoms with Crippen molar-refractivity contribution in [2.75, 3.05) is 17.2 Å². The largest absolute Gasteiger partial charge is 0.354 e. The van der Waals surface area contributed by atoms with Crippen LogP contribution in [0.4, 0.5) is 26.2 Å². The van der Waals surface area contributed by atoms with Crippen molar-refractivity contribution in [2.24, 2.45) is 0 Å². The molecule has 0 amide bonds. The maximum Gasteiger partial charge on any atom is 0.224 e. The normalized spacial score (nSPS) is 10.5. The Morgan fingerprint density at radius 1 is 1.14 bits per heavy atom. The molecule has 0 atom stereocenters. The van der Waals surface area contributed by atoms with Gasteiger partial charge in [-0.05, 0) is 25.5 Å². The van der Waals surface area contributed by atoms with Crippen molar-refractivity contribution in [1.29, 1.82) is 0 Å². The first-order valence-electron chi connectivity index (χ1n) is 6.90. The molecule has 1 aromatic carbocycles. The highest BCUT2D eigenvalue weighted by Crippen LogP contribution is 2.22. The zero-order valence-electron chi connectivity index (χ0n) is 12.1. The highest BCUT2D eigenvalue weighted by atomic mass is 19.1. The minimum Gasteiger partial charge on any atom is -0.354 e. The number of hydrogen-bond donors (Lipinski definition) is 2. The SMILES string of the molecule is CCCCNc1nc(C)cc(Nc2c(F)cccc2F)n1. The van der Waals surface area contributed by atoms with Gasteiger partial charge in [-0.2, -0.15) is 4.98 Å². The van der Waals surface area contributed by atoms with Crippen LogP contribution in [0.2, 0.25) is 0 Å². The fraction of sp³-hybridized carbons (Fsp3) is 0.333. The minimum absolute atomic E-state index is 0.213. The summed E-state index contributed by atoms with van der Waals surface area (Å²) in [5.41, 5.74) is 0.498. The molecular formula is C15H18F2N4. The lowest BCUT2D eigenvalue weighted by Gasteiger charge is -2.11. The number of unbranched alkanes of at least 4 members (excludes halogenated alkanes) is 1. The molecule has 0 aliphatic carbocycles. The number of para-hydroxylation sites is 1. The minimum atomic E-state index is -0.660. The van der Waals surface area contributed by atoms with E-state index in [-0.39, 0.29) is 5.69 Å². The van der Waals surface area contributed by atoms with Gasteiger partial charge < -0.3 is 10.6 Å². The average molecular weight is 292 g/mol. The number of hydrogen-bond acceptors (Lipinski definition) is 4. The van der Waals surface area contributed by atoms with Crippen LogP contribution in [0, 0.1) is 18.6 Å². The molecule has 0 bridgehead atoms. The highest BCUT2D eigenvalue weighted by molar-refractivity contribution is 5.58. The van der Waals surface area contributed by atoms with E-state index < -0.39 is 11.6 Å². The maximum atomic E-state index is 13.6. The van der Waals surface area contributed by atoms with Gasteiger partial charge in [0.05, 0.1) is 0 Å². The van der Waals surface area contributed by atoms with Crippen molar-refractivity contribution in [3.05, 3.63) is 41.6 Å². The number of halogens is 2. The summed E-state index contributed by atoms with van der Waals surface area (Å²) >= 11 is 0. The molecule has 0 unspecified atom stereocenters. The first-order chi connectivity index (χ1) is 10.1. The van der Waals surface area contributed by atoms with Crippen LogP contribution in [0.3, 0.4) is 0 Å². The standard InChI is InChI=1S/C15H18F2N4/c1-3-4-8-18-15-19-10(2)9-13(21-15)20-14-11(16)6-5-7-12(14)17/h5-7,9H,3-4,8H2,1-2H3,(H2,18,19,20,21). The van der Waals surface area contributed by atoms with Gasteiger partial charge in [0.2, 0.25) is 5.95 Å². The summed E-state index contributed by atoms with van der Waals surface area (Å²) in [7, 11) is 0. The molecule has 4 nitrogen and oxygen atoms in total. The van der Waals surface area contributed by atoms with Crippen LogP contribution < -0.4 is 10.6 Å². The molecule has 0 aliphatic heterocycles. The second-order valence-electron chi connectivity index (χ2n) is 4.72. The van der Waals surface area contributed by atoms with E-state index in [1.807, 2.05) is 0 Å². The number of nitrogens with zero attached hydrogens (tertiary/aromatic N) is 2. The van der Waals surface area contributed by atoms with E-state index in [0.717, 1.165) is 19.4 Å². The smallest absolute Gasteiger partial charge is 0.224 e. The van der Waals surface area contributed by atoms with Gasteiger partial charge in [0.1, 0.15) is 23.1 Å². The molecule has 112 valence electrons. The lowest BCUT2D eigenvalue weighted by molar-refractivity contribution is 0.590. The first-order valence-corrected chi connectivity index (χ1v) is 6.90. The lowest BCUT2D eigenvalue weighted by Crippen LogP contribution is -2.08. The number of rotatable bonds is 6. The zero-order valence-corrected chi connectivity index (χ0v) is 12.1. The summed E-state index contributed by atoms with van der Waals surface area (Å²) in [6.45, 7) is 4.65. The molecule has 0 fully saturated rings. The van der Waals surface area contributed by atoms with Gasteiger partial charge in [0.15, 0.2) is 0 Å². The van der Waals surface area contributed by atoms with Crippen molar-refractivity contribution in [3.63, 3.8) is 0 Å². The molecule has 0 radical (unpaired) electrons. The van der Waals surface area contributed by atoms with E-state index in [1.54, 1.807) is 13.0 Å². The molecule has 0 saturated heterocycles. The summed E-state index contributed by atoms with van der Waals surface area (Å²) in [6.07, 6.45) is 2.06. The van der Waals surface area contributed by atoms with Crippen molar-refractivity contribution in [1.82, 2.24) is 9.97 Å². The first kappa shape index (κ1) is 15.2. The molecule has 0 saturated carbocycles. The van der Waals surface area contributed by atoms with Gasteiger partial charge in [-0.3, -0.25) is 0 Å². The lowest BCUT2D eigenvalue weighted by atomic mass is 10.3. The summed E-state index contributed by atoms with van der Waals surface area (Å²) in [4.78, 5) is 8.46. The van der Waals surface area contributed by atoms with Crippen LogP contribution >= 0.6 is 0 Å². The second kappa shape index (κ2) is 6.97. The average Bonchev–Trinajstić information content (AvgIpc) is 2.43. The van der Waals surface area contributed by atoms with E-state index in [2.05, 4.69) is 27.5 Å². The van der Waals surface area contributed by atoms with E-state index in [4.69, 9.17) is 0 Å². The molecule has 2 N–H and O–H groups in total. The van der Waals surface area contributed by atoms with Crippen molar-refractivity contribution >= 4 is 17.5 Å². The van der Waals surface area contributed by atoms with Gasteiger partial charge in [-0.25, -0.2) is 13.8 Å². The van der Waals surface area contributed by atoms with Crippen LogP contribution in [0.1, 0.15) is 25.5 Å². The number of nitrogens with one attached hydrogen (secondary N) is 2. The number of benzene rings is 1. The second-order valence-corrected chi connectivity index (χ2v) is 4.72. The van der Waals surface area contributed by atoms with Gasteiger partial charge in [-0.1, -0.05) is 19.4 Å². The Bertz CT molecular complexity index is 596. The van der Waals surface area contributed by atoms with Crippen LogP contribution in [-0.2, 0) is 0 Å². The topological polar surface area (TPSA) is 49.8 Å². The predicted octanol–water partition coefficient (Wildman–Crippen LogP) is 4.02. The Labute approximate surface area is 122 Å². The Balaban J connectivity index is 2.20. The van der Waals surface area contributed by atoms with E-state index in [0.29, 0.717) is 17.5 Å². The molecule has 2 rings (SSSR count). The van der Waals surface area contributed by atoms with Crippen LogP contribution in [0.25, 0.3) is 0 Å². The van der Waals surface area contributed by atoms with Crippen LogP contribution in [0.15, 0.2) is 24.3 Å². The Morgan fingerprint density at radius 3 is 2.52 bits per heavy atom. The van der Waals surface area contributed by atoms with Gasteiger partial charge in [0, 0.05) is 18.3 Å². The number of anilines is 3. The molecule has 21 heavy (non-hydrogen) atoms. The number of aryl methyl sites for hydroxylation is 1. The third-order valence-electron chi connectivity index (χ3n) is 2.88. The fourth-order valence-electron chi connectivity index (χ4n) is 1.83. The third kappa shape index (κ3) is 4.11. The molecule has 1 heterocycles. The maximum absolute atomic E-state index is 13.6. The number of aromatic nitrogens is 2. The molecule has 2 aromatic rings. The van der Waals surface area contributed by atoms with E-state index >= 15 is 0 Å². The summed E-state index contributed by atoms with van der Waals surface area (Å²) < 4.78 is 27.2. The molecule has 1 aromatic heterocycles. The monoisotopic (exact) mass is 292 g/mol. The van der Waals surface area contributed by atoms with E-state index in [1.165, 1.54) is 18.2 Å². The van der Waals surface area contributed by atoms with Crippen LogP contribution in [-0.4, -0.2) is 16.5 Å². The molecule has 0 aliphatic rings. The third-order valence-corrected chi connectivity index (χ3v) is 2.88. The molecular weight excluding hydrogens is 274 g/mol. The highest BCUT2D eigenvalue weighted by Gasteiger charge is 2.10. The summed E-state index contributed by atoms with van der Waals surface area (Å²) in [5, 5.41) is 5.76. The van der Waals surface area contributed by atoms with Crippen molar-refractivity contribution in [2.45, 2.75) is 26.7 Å². The van der Waals surface area contributed by atoms with E-state index in [9.17, 15) is 8.78 Å². The van der Waals surface area contributed by atoms with Gasteiger partial charge in [0.25, 0.3) is 0 Å². The molecule has 0 spiro atoms. The van der Waals surface area contributed by atoms with Crippen LogP contribution in [0.5, 0.6) is 0 Å². The Kier molecular flexibility index (Phi) is 5.03. The Hall–Kier alpha value is -2.24. The summed E-state index contributed by atoms with van der Waals surface area (Å²) in [6, 6.07) is 5.34. The van der Waals surface area contributed by atoms with Gasteiger partial charge in [-0.15, -0.1) is 0 Å². The molecule has 6 heteroatoms. The Morgan fingerprint density at radius 2 is 1.86 bits per heavy atom. The predicted molar refractivity (Wildman–Crippen MR) is 79.8 cm³/mol.